The smallest absolute Gasteiger partial charge is 0.311 e. The number of hydrogen-bond donors (Lipinski definition) is 1. The van der Waals surface area contributed by atoms with Gasteiger partial charge in [0.15, 0.2) is 6.10 Å². The van der Waals surface area contributed by atoms with Gasteiger partial charge in [-0.2, -0.15) is 0 Å². The summed E-state index contributed by atoms with van der Waals surface area (Å²) in [6, 6.07) is 19.1. The van der Waals surface area contributed by atoms with Crippen LogP contribution in [0.25, 0.3) is 10.8 Å². The lowest BCUT2D eigenvalue weighted by Crippen LogP contribution is -2.30. The first kappa shape index (κ1) is 19.4. The van der Waals surface area contributed by atoms with Crippen molar-refractivity contribution in [1.82, 2.24) is 0 Å². The van der Waals surface area contributed by atoms with Crippen molar-refractivity contribution in [2.75, 3.05) is 12.4 Å². The predicted molar refractivity (Wildman–Crippen MR) is 110 cm³/mol. The number of fused-ring (bicyclic) bond motifs is 1. The second-order valence-electron chi connectivity index (χ2n) is 6.68. The van der Waals surface area contributed by atoms with Crippen molar-refractivity contribution < 1.29 is 19.1 Å². The molecule has 3 aromatic carbocycles. The molecule has 0 saturated carbocycles. The molecule has 1 amide bonds. The van der Waals surface area contributed by atoms with Gasteiger partial charge in [0.25, 0.3) is 5.91 Å². The number of rotatable bonds is 6. The molecule has 0 radical (unpaired) electrons. The lowest BCUT2D eigenvalue weighted by Gasteiger charge is -2.15. The lowest BCUT2D eigenvalue weighted by atomic mass is 10.1. The van der Waals surface area contributed by atoms with Gasteiger partial charge in [0, 0.05) is 11.3 Å². The minimum Gasteiger partial charge on any atom is -0.496 e. The van der Waals surface area contributed by atoms with E-state index >= 15 is 0 Å². The Balaban J connectivity index is 1.61. The molecule has 0 aromatic heterocycles. The molecule has 1 atom stereocenters. The summed E-state index contributed by atoms with van der Waals surface area (Å²) in [4.78, 5) is 24.7. The Morgan fingerprint density at radius 1 is 1.00 bits per heavy atom. The van der Waals surface area contributed by atoms with E-state index in [-0.39, 0.29) is 12.3 Å². The van der Waals surface area contributed by atoms with Crippen molar-refractivity contribution in [1.29, 1.82) is 0 Å². The van der Waals surface area contributed by atoms with Gasteiger partial charge >= 0.3 is 5.97 Å². The minimum atomic E-state index is -0.908. The number of aryl methyl sites for hydroxylation is 1. The van der Waals surface area contributed by atoms with E-state index in [1.54, 1.807) is 14.0 Å². The van der Waals surface area contributed by atoms with Crippen LogP contribution in [-0.2, 0) is 20.7 Å². The van der Waals surface area contributed by atoms with Crippen LogP contribution < -0.4 is 10.1 Å². The van der Waals surface area contributed by atoms with Crippen LogP contribution in [0.2, 0.25) is 0 Å². The van der Waals surface area contributed by atoms with E-state index in [4.69, 9.17) is 9.47 Å². The van der Waals surface area contributed by atoms with Gasteiger partial charge in [-0.1, -0.05) is 48.0 Å². The van der Waals surface area contributed by atoms with Crippen LogP contribution in [-0.4, -0.2) is 25.1 Å². The zero-order chi connectivity index (χ0) is 20.1. The van der Waals surface area contributed by atoms with E-state index in [9.17, 15) is 9.59 Å². The Morgan fingerprint density at radius 2 is 1.75 bits per heavy atom. The van der Waals surface area contributed by atoms with Crippen molar-refractivity contribution >= 4 is 28.3 Å². The maximum Gasteiger partial charge on any atom is 0.311 e. The molecular weight excluding hydrogens is 354 g/mol. The van der Waals surface area contributed by atoms with E-state index in [2.05, 4.69) is 5.32 Å². The zero-order valence-corrected chi connectivity index (χ0v) is 16.2. The maximum absolute atomic E-state index is 12.4. The number of carbonyl (C=O) groups is 2. The predicted octanol–water partition coefficient (Wildman–Crippen LogP) is 4.27. The number of anilines is 1. The number of hydrogen-bond acceptors (Lipinski definition) is 4. The van der Waals surface area contributed by atoms with Crippen LogP contribution in [0, 0.1) is 6.92 Å². The largest absolute Gasteiger partial charge is 0.496 e. The number of ether oxygens (including phenoxy) is 2. The number of esters is 1. The maximum atomic E-state index is 12.4. The zero-order valence-electron chi connectivity index (χ0n) is 16.2. The van der Waals surface area contributed by atoms with E-state index < -0.39 is 12.1 Å². The van der Waals surface area contributed by atoms with Crippen LogP contribution in [0.4, 0.5) is 5.69 Å². The number of nitrogens with one attached hydrogen (secondary N) is 1. The summed E-state index contributed by atoms with van der Waals surface area (Å²) in [6.07, 6.45) is -0.867. The number of carbonyl (C=O) groups excluding carboxylic acids is 2. The van der Waals surface area contributed by atoms with Gasteiger partial charge in [-0.25, -0.2) is 0 Å². The van der Waals surface area contributed by atoms with Crippen LogP contribution in [0.1, 0.15) is 18.1 Å². The summed E-state index contributed by atoms with van der Waals surface area (Å²) in [7, 11) is 1.55. The average Bonchev–Trinajstić information content (AvgIpc) is 2.68. The second kappa shape index (κ2) is 8.57. The molecule has 1 N–H and O–H groups in total. The topological polar surface area (TPSA) is 64.6 Å². The molecule has 28 heavy (non-hydrogen) atoms. The Hall–Kier alpha value is -3.34. The minimum absolute atomic E-state index is 0.0401. The molecule has 0 heterocycles. The summed E-state index contributed by atoms with van der Waals surface area (Å²) in [5, 5.41) is 4.91. The van der Waals surface area contributed by atoms with Crippen molar-refractivity contribution in [2.24, 2.45) is 0 Å². The first-order valence-corrected chi connectivity index (χ1v) is 9.09. The van der Waals surface area contributed by atoms with Crippen molar-refractivity contribution in [3.63, 3.8) is 0 Å². The van der Waals surface area contributed by atoms with E-state index in [0.717, 1.165) is 21.9 Å². The molecule has 0 aliphatic heterocycles. The van der Waals surface area contributed by atoms with Gasteiger partial charge in [0.1, 0.15) is 5.75 Å². The number of methoxy groups -OCH3 is 1. The molecule has 144 valence electrons. The summed E-state index contributed by atoms with van der Waals surface area (Å²) in [6.45, 7) is 3.50. The molecule has 0 aliphatic rings. The Kier molecular flexibility index (Phi) is 5.94. The Morgan fingerprint density at radius 3 is 2.50 bits per heavy atom. The fourth-order valence-corrected chi connectivity index (χ4v) is 3.00. The third-order valence-corrected chi connectivity index (χ3v) is 4.47. The first-order valence-electron chi connectivity index (χ1n) is 9.09. The van der Waals surface area contributed by atoms with Crippen molar-refractivity contribution in [3.8, 4) is 5.75 Å². The summed E-state index contributed by atoms with van der Waals surface area (Å²) < 4.78 is 10.6. The van der Waals surface area contributed by atoms with Gasteiger partial charge in [0.05, 0.1) is 13.5 Å². The summed E-state index contributed by atoms with van der Waals surface area (Å²) in [5.41, 5.74) is 2.41. The molecule has 5 nitrogen and oxygen atoms in total. The average molecular weight is 377 g/mol. The highest BCUT2D eigenvalue weighted by molar-refractivity contribution is 5.97. The van der Waals surface area contributed by atoms with Crippen LogP contribution in [0.15, 0.2) is 60.7 Å². The van der Waals surface area contributed by atoms with E-state index in [1.807, 2.05) is 67.6 Å². The van der Waals surface area contributed by atoms with Gasteiger partial charge in [-0.05, 0) is 42.8 Å². The molecule has 0 spiro atoms. The fourth-order valence-electron chi connectivity index (χ4n) is 3.00. The quantitative estimate of drug-likeness (QED) is 0.652. The molecule has 0 unspecified atom stereocenters. The van der Waals surface area contributed by atoms with Crippen LogP contribution in [0.3, 0.4) is 0 Å². The van der Waals surface area contributed by atoms with Crippen LogP contribution >= 0.6 is 0 Å². The van der Waals surface area contributed by atoms with Gasteiger partial charge < -0.3 is 14.8 Å². The van der Waals surface area contributed by atoms with E-state index in [0.29, 0.717) is 11.4 Å². The highest BCUT2D eigenvalue weighted by atomic mass is 16.5. The van der Waals surface area contributed by atoms with Crippen molar-refractivity contribution in [3.05, 3.63) is 71.8 Å². The number of amides is 1. The molecule has 0 fully saturated rings. The highest BCUT2D eigenvalue weighted by Crippen LogP contribution is 2.21. The monoisotopic (exact) mass is 377 g/mol. The molecule has 3 rings (SSSR count). The summed E-state index contributed by atoms with van der Waals surface area (Å²) in [5.74, 6) is -0.235. The molecular formula is C23H23NO4. The number of benzene rings is 3. The molecule has 0 saturated heterocycles. The third kappa shape index (κ3) is 4.68. The lowest BCUT2D eigenvalue weighted by molar-refractivity contribution is -0.152. The molecule has 0 bridgehead atoms. The SMILES string of the molecule is COc1ccc(C)cc1CC(=O)O[C@H](C)C(=O)Nc1ccc2ccccc2c1. The Labute approximate surface area is 164 Å². The van der Waals surface area contributed by atoms with Crippen LogP contribution in [0.5, 0.6) is 5.75 Å². The summed E-state index contributed by atoms with van der Waals surface area (Å²) >= 11 is 0. The molecule has 3 aromatic rings. The molecule has 5 heteroatoms. The third-order valence-electron chi connectivity index (χ3n) is 4.47. The van der Waals surface area contributed by atoms with Gasteiger partial charge in [-0.15, -0.1) is 0 Å². The van der Waals surface area contributed by atoms with Crippen molar-refractivity contribution in [2.45, 2.75) is 26.4 Å². The second-order valence-corrected chi connectivity index (χ2v) is 6.68. The van der Waals surface area contributed by atoms with E-state index in [1.165, 1.54) is 0 Å². The Bertz CT molecular complexity index is 1010. The highest BCUT2D eigenvalue weighted by Gasteiger charge is 2.19. The fraction of sp³-hybridized carbons (Fsp3) is 0.217. The standard InChI is InChI=1S/C23H23NO4/c1-15-8-11-21(27-3)19(12-15)14-22(25)28-16(2)23(26)24-20-10-9-17-6-4-5-7-18(17)13-20/h4-13,16H,14H2,1-3H3,(H,24,26)/t16-/m1/s1. The normalized spacial score (nSPS) is 11.7. The molecule has 0 aliphatic carbocycles. The van der Waals surface area contributed by atoms with Gasteiger partial charge in [0.2, 0.25) is 0 Å². The van der Waals surface area contributed by atoms with Gasteiger partial charge in [-0.3, -0.25) is 9.59 Å². The first-order chi connectivity index (χ1) is 13.5.